The van der Waals surface area contributed by atoms with Crippen LogP contribution in [0.4, 0.5) is 21.8 Å². The number of halogens is 1. The number of anilines is 3. The number of morpholine rings is 1. The van der Waals surface area contributed by atoms with Gasteiger partial charge in [0.25, 0.3) is 5.91 Å². The minimum Gasteiger partial charge on any atom is -0.375 e. The first-order valence-corrected chi connectivity index (χ1v) is 12.1. The summed E-state index contributed by atoms with van der Waals surface area (Å²) in [5.74, 6) is 1.50. The molecule has 5 rings (SSSR count). The lowest BCUT2D eigenvalue weighted by atomic mass is 9.93. The summed E-state index contributed by atoms with van der Waals surface area (Å²) < 4.78 is 18.8. The molecule has 2 saturated heterocycles. The topological polar surface area (TPSA) is 90.8 Å². The van der Waals surface area contributed by atoms with Crippen molar-refractivity contribution in [3.05, 3.63) is 41.6 Å². The normalized spacial score (nSPS) is 22.5. The van der Waals surface area contributed by atoms with Gasteiger partial charge in [0.1, 0.15) is 17.5 Å². The van der Waals surface area contributed by atoms with Crippen LogP contribution < -0.4 is 15.1 Å². The Labute approximate surface area is 199 Å². The number of nitrogens with one attached hydrogen (secondary N) is 1. The Bertz CT molecular complexity index is 1030. The van der Waals surface area contributed by atoms with Crippen LogP contribution in [0.3, 0.4) is 0 Å². The van der Waals surface area contributed by atoms with Crippen LogP contribution in [0.2, 0.25) is 0 Å². The number of aromatic nitrogens is 2. The zero-order valence-corrected chi connectivity index (χ0v) is 19.5. The molecular weight excluding hydrogens is 437 g/mol. The third-order valence-electron chi connectivity index (χ3n) is 7.18. The standard InChI is InChI=1S/C25H32FN5O3/c1-17-16-31(13-14-34-17)22-4-2-3-21(28-22)29-24(33)19-6-5-18(15-20(26)32)27-23(19)30-11-9-25(7-8-25)10-12-30/h2-6,17,20,32H,7-16H2,1H3,(H,28,29,33)/t17-,20-/m1/s1. The summed E-state index contributed by atoms with van der Waals surface area (Å²) in [5.41, 5.74) is 1.33. The lowest BCUT2D eigenvalue weighted by Crippen LogP contribution is -2.41. The second-order valence-corrected chi connectivity index (χ2v) is 9.76. The summed E-state index contributed by atoms with van der Waals surface area (Å²) in [7, 11) is 0. The van der Waals surface area contributed by atoms with Crippen LogP contribution in [-0.2, 0) is 11.2 Å². The minimum absolute atomic E-state index is 0.128. The fraction of sp³-hybridized carbons (Fsp3) is 0.560. The third kappa shape index (κ3) is 5.15. The Morgan fingerprint density at radius 2 is 1.97 bits per heavy atom. The van der Waals surface area contributed by atoms with Crippen LogP contribution in [0.1, 0.15) is 48.7 Å². The predicted molar refractivity (Wildman–Crippen MR) is 128 cm³/mol. The predicted octanol–water partition coefficient (Wildman–Crippen LogP) is 3.16. The second-order valence-electron chi connectivity index (χ2n) is 9.76. The molecule has 0 aromatic carbocycles. The van der Waals surface area contributed by atoms with E-state index in [9.17, 15) is 14.3 Å². The summed E-state index contributed by atoms with van der Waals surface area (Å²) in [5, 5.41) is 12.1. The first kappa shape index (κ1) is 23.0. The number of ether oxygens (including phenoxy) is 1. The summed E-state index contributed by atoms with van der Waals surface area (Å²) in [6.45, 7) is 5.81. The molecule has 1 spiro atoms. The fourth-order valence-corrected chi connectivity index (χ4v) is 4.94. The van der Waals surface area contributed by atoms with E-state index in [1.165, 1.54) is 12.8 Å². The molecule has 0 bridgehead atoms. The highest BCUT2D eigenvalue weighted by atomic mass is 19.1. The van der Waals surface area contributed by atoms with Crippen molar-refractivity contribution in [2.75, 3.05) is 47.9 Å². The monoisotopic (exact) mass is 469 g/mol. The van der Waals surface area contributed by atoms with Gasteiger partial charge in [0.05, 0.1) is 18.3 Å². The molecule has 3 aliphatic rings. The summed E-state index contributed by atoms with van der Waals surface area (Å²) in [6, 6.07) is 8.85. The summed E-state index contributed by atoms with van der Waals surface area (Å²) in [4.78, 5) is 26.8. The third-order valence-corrected chi connectivity index (χ3v) is 7.18. The molecule has 2 aliphatic heterocycles. The molecule has 1 saturated carbocycles. The van der Waals surface area contributed by atoms with Crippen molar-refractivity contribution in [3.8, 4) is 0 Å². The maximum Gasteiger partial charge on any atom is 0.260 e. The van der Waals surface area contributed by atoms with E-state index in [0.29, 0.717) is 34.9 Å². The highest BCUT2D eigenvalue weighted by molar-refractivity contribution is 6.07. The maximum atomic E-state index is 13.3. The van der Waals surface area contributed by atoms with Gasteiger partial charge in [-0.2, -0.15) is 0 Å². The first-order chi connectivity index (χ1) is 16.4. The van der Waals surface area contributed by atoms with Crippen LogP contribution in [0.25, 0.3) is 0 Å². The van der Waals surface area contributed by atoms with Gasteiger partial charge in [0.15, 0.2) is 0 Å². The van der Waals surface area contributed by atoms with E-state index in [4.69, 9.17) is 4.74 Å². The molecule has 2 N–H and O–H groups in total. The number of aliphatic hydroxyl groups excluding tert-OH is 1. The van der Waals surface area contributed by atoms with E-state index in [0.717, 1.165) is 44.8 Å². The number of hydrogen-bond donors (Lipinski definition) is 2. The molecule has 0 radical (unpaired) electrons. The number of piperidine rings is 1. The van der Waals surface area contributed by atoms with E-state index >= 15 is 0 Å². The van der Waals surface area contributed by atoms with Gasteiger partial charge in [-0.25, -0.2) is 14.4 Å². The molecule has 2 aromatic rings. The first-order valence-electron chi connectivity index (χ1n) is 12.1. The molecule has 3 fully saturated rings. The Hall–Kier alpha value is -2.78. The Balaban J connectivity index is 1.36. The number of carbonyl (C=O) groups excluding carboxylic acids is 1. The van der Waals surface area contributed by atoms with E-state index in [1.54, 1.807) is 18.2 Å². The maximum absolute atomic E-state index is 13.3. The number of hydrogen-bond acceptors (Lipinski definition) is 7. The van der Waals surface area contributed by atoms with Crippen molar-refractivity contribution in [1.29, 1.82) is 0 Å². The van der Waals surface area contributed by atoms with Gasteiger partial charge in [-0.05, 0) is 62.3 Å². The number of alkyl halides is 1. The molecular formula is C25H32FN5O3. The number of pyridine rings is 2. The Kier molecular flexibility index (Phi) is 6.40. The van der Waals surface area contributed by atoms with E-state index in [1.807, 2.05) is 19.1 Å². The van der Waals surface area contributed by atoms with E-state index in [2.05, 4.69) is 25.1 Å². The van der Waals surface area contributed by atoms with E-state index in [-0.39, 0.29) is 18.4 Å². The molecule has 182 valence electrons. The molecule has 0 unspecified atom stereocenters. The molecule has 9 heteroatoms. The number of aliphatic hydroxyl groups is 1. The second kappa shape index (κ2) is 9.46. The smallest absolute Gasteiger partial charge is 0.260 e. The van der Waals surface area contributed by atoms with Gasteiger partial charge in [-0.1, -0.05) is 6.07 Å². The van der Waals surface area contributed by atoms with Crippen LogP contribution in [0, 0.1) is 5.41 Å². The van der Waals surface area contributed by atoms with Crippen LogP contribution in [0.15, 0.2) is 30.3 Å². The molecule has 1 amide bonds. The number of carbonyl (C=O) groups is 1. The molecule has 4 heterocycles. The zero-order chi connectivity index (χ0) is 23.7. The highest BCUT2D eigenvalue weighted by Gasteiger charge is 2.45. The zero-order valence-electron chi connectivity index (χ0n) is 19.5. The molecule has 2 aromatic heterocycles. The van der Waals surface area contributed by atoms with Crippen LogP contribution in [0.5, 0.6) is 0 Å². The van der Waals surface area contributed by atoms with Gasteiger partial charge in [0, 0.05) is 38.3 Å². The number of amides is 1. The molecule has 8 nitrogen and oxygen atoms in total. The largest absolute Gasteiger partial charge is 0.375 e. The van der Waals surface area contributed by atoms with Crippen molar-refractivity contribution < 1.29 is 19.0 Å². The lowest BCUT2D eigenvalue weighted by molar-refractivity contribution is 0.0421. The lowest BCUT2D eigenvalue weighted by Gasteiger charge is -2.34. The van der Waals surface area contributed by atoms with Gasteiger partial charge in [0.2, 0.25) is 6.36 Å². The van der Waals surface area contributed by atoms with Crippen molar-refractivity contribution in [1.82, 2.24) is 9.97 Å². The van der Waals surface area contributed by atoms with Crippen molar-refractivity contribution >= 4 is 23.4 Å². The van der Waals surface area contributed by atoms with Crippen molar-refractivity contribution in [3.63, 3.8) is 0 Å². The average molecular weight is 470 g/mol. The summed E-state index contributed by atoms with van der Waals surface area (Å²) >= 11 is 0. The van der Waals surface area contributed by atoms with Crippen molar-refractivity contribution in [2.45, 2.75) is 51.5 Å². The molecule has 1 aliphatic carbocycles. The van der Waals surface area contributed by atoms with Crippen molar-refractivity contribution in [2.24, 2.45) is 5.41 Å². The minimum atomic E-state index is -1.98. The van der Waals surface area contributed by atoms with Gasteiger partial charge in [-0.15, -0.1) is 0 Å². The number of nitrogens with zero attached hydrogens (tertiary/aromatic N) is 4. The molecule has 34 heavy (non-hydrogen) atoms. The fourth-order valence-electron chi connectivity index (χ4n) is 4.94. The quantitative estimate of drug-likeness (QED) is 0.672. The van der Waals surface area contributed by atoms with E-state index < -0.39 is 6.36 Å². The SMILES string of the molecule is C[C@@H]1CN(c2cccc(NC(=O)c3ccc(C[C@@H](O)F)nc3N3CCC4(CC3)CC4)n2)CCO1. The molecule has 2 atom stereocenters. The number of rotatable bonds is 6. The summed E-state index contributed by atoms with van der Waals surface area (Å²) in [6.07, 6.45) is 2.66. The van der Waals surface area contributed by atoms with Crippen LogP contribution >= 0.6 is 0 Å². The van der Waals surface area contributed by atoms with Crippen LogP contribution in [-0.4, -0.2) is 66.2 Å². The van der Waals surface area contributed by atoms with Gasteiger partial charge >= 0.3 is 0 Å². The Morgan fingerprint density at radius 1 is 1.18 bits per heavy atom. The average Bonchev–Trinajstić information content (AvgIpc) is 3.58. The highest BCUT2D eigenvalue weighted by Crippen LogP contribution is 2.54. The Morgan fingerprint density at radius 3 is 2.68 bits per heavy atom. The van der Waals surface area contributed by atoms with Gasteiger partial charge < -0.3 is 25.0 Å². The van der Waals surface area contributed by atoms with Gasteiger partial charge in [-0.3, -0.25) is 4.79 Å².